The molecular weight excluding hydrogens is 436 g/mol. The van der Waals surface area contributed by atoms with Gasteiger partial charge in [-0.15, -0.1) is 0 Å². The second-order valence-electron chi connectivity index (χ2n) is 13.5. The number of fused-ring (bicyclic) bond motifs is 10. The van der Waals surface area contributed by atoms with Crippen LogP contribution in [-0.4, -0.2) is 24.1 Å². The van der Waals surface area contributed by atoms with Crippen LogP contribution in [0.1, 0.15) is 84.5 Å². The predicted molar refractivity (Wildman–Crippen MR) is 133 cm³/mol. The summed E-state index contributed by atoms with van der Waals surface area (Å²) in [6.45, 7) is 4.01. The summed E-state index contributed by atoms with van der Waals surface area (Å²) in [6.07, 6.45) is 20.1. The summed E-state index contributed by atoms with van der Waals surface area (Å²) >= 11 is 0. The first kappa shape index (κ1) is 22.6. The molecular formula is C31H42O4. The van der Waals surface area contributed by atoms with E-state index in [0.29, 0.717) is 35.5 Å². The Labute approximate surface area is 210 Å². The van der Waals surface area contributed by atoms with Crippen LogP contribution < -0.4 is 0 Å². The zero-order valence-electron chi connectivity index (χ0n) is 21.5. The van der Waals surface area contributed by atoms with E-state index in [9.17, 15) is 9.59 Å². The maximum absolute atomic E-state index is 13.5. The molecule has 0 spiro atoms. The van der Waals surface area contributed by atoms with Crippen LogP contribution in [0.5, 0.6) is 0 Å². The van der Waals surface area contributed by atoms with E-state index in [0.717, 1.165) is 43.9 Å². The summed E-state index contributed by atoms with van der Waals surface area (Å²) in [5.74, 6) is 5.57. The normalized spacial score (nSPS) is 51.1. The molecule has 0 aromatic carbocycles. The van der Waals surface area contributed by atoms with E-state index in [1.54, 1.807) is 0 Å². The van der Waals surface area contributed by atoms with Crippen LogP contribution in [0.25, 0.3) is 0 Å². The Morgan fingerprint density at radius 3 is 2.60 bits per heavy atom. The number of esters is 2. The summed E-state index contributed by atoms with van der Waals surface area (Å²) in [5, 5.41) is 0. The molecule has 0 amide bonds. The van der Waals surface area contributed by atoms with Gasteiger partial charge in [0.05, 0.1) is 5.92 Å². The van der Waals surface area contributed by atoms with Gasteiger partial charge in [-0.05, 0) is 117 Å². The number of rotatable bonds is 3. The summed E-state index contributed by atoms with van der Waals surface area (Å²) in [7, 11) is 0. The van der Waals surface area contributed by atoms with Crippen molar-refractivity contribution >= 4 is 11.9 Å². The minimum atomic E-state index is -0.152. The summed E-state index contributed by atoms with van der Waals surface area (Å²) in [5.41, 5.74) is 1.78. The lowest BCUT2D eigenvalue weighted by molar-refractivity contribution is -0.158. The Morgan fingerprint density at radius 1 is 0.914 bits per heavy atom. The lowest BCUT2D eigenvalue weighted by Crippen LogP contribution is -2.48. The molecule has 0 aromatic heterocycles. The second-order valence-corrected chi connectivity index (χ2v) is 13.5. The summed E-state index contributed by atoms with van der Waals surface area (Å²) in [6, 6.07) is 0. The Kier molecular flexibility index (Phi) is 5.31. The van der Waals surface area contributed by atoms with Gasteiger partial charge in [0.15, 0.2) is 0 Å². The fourth-order valence-electron chi connectivity index (χ4n) is 10.8. The van der Waals surface area contributed by atoms with Crippen molar-refractivity contribution in [1.82, 2.24) is 0 Å². The van der Waals surface area contributed by atoms with Gasteiger partial charge in [0, 0.05) is 19.3 Å². The molecule has 7 rings (SSSR count). The number of ether oxygens (including phenoxy) is 2. The predicted octanol–water partition coefficient (Wildman–Crippen LogP) is 6.25. The molecule has 0 aromatic rings. The third-order valence-corrected chi connectivity index (χ3v) is 12.2. The van der Waals surface area contributed by atoms with Crippen molar-refractivity contribution in [3.05, 3.63) is 23.8 Å². The topological polar surface area (TPSA) is 52.6 Å². The average molecular weight is 479 g/mol. The first-order valence-electron chi connectivity index (χ1n) is 14.7. The van der Waals surface area contributed by atoms with Gasteiger partial charge in [-0.2, -0.15) is 0 Å². The van der Waals surface area contributed by atoms with Crippen molar-refractivity contribution in [3.63, 3.8) is 0 Å². The lowest BCUT2D eigenvalue weighted by Gasteiger charge is -2.55. The second kappa shape index (κ2) is 8.21. The summed E-state index contributed by atoms with van der Waals surface area (Å²) in [4.78, 5) is 25.0. The van der Waals surface area contributed by atoms with Crippen LogP contribution in [0.3, 0.4) is 0 Å². The Balaban J connectivity index is 1.03. The van der Waals surface area contributed by atoms with Gasteiger partial charge in [-0.25, -0.2) is 0 Å². The molecule has 4 nitrogen and oxygen atoms in total. The zero-order valence-corrected chi connectivity index (χ0v) is 21.5. The van der Waals surface area contributed by atoms with Gasteiger partial charge >= 0.3 is 11.9 Å². The molecule has 7 aliphatic rings. The van der Waals surface area contributed by atoms with E-state index in [-0.39, 0.29) is 35.5 Å². The maximum Gasteiger partial charge on any atom is 0.309 e. The number of carbonyl (C=O) groups is 2. The maximum atomic E-state index is 13.5. The number of hydrogen-bond donors (Lipinski definition) is 0. The van der Waals surface area contributed by atoms with Gasteiger partial charge in [-0.3, -0.25) is 9.59 Å². The van der Waals surface area contributed by atoms with E-state index >= 15 is 0 Å². The van der Waals surface area contributed by atoms with E-state index in [1.165, 1.54) is 51.0 Å². The molecule has 35 heavy (non-hydrogen) atoms. The molecule has 12 atom stereocenters. The van der Waals surface area contributed by atoms with Gasteiger partial charge in [-0.1, -0.05) is 24.6 Å². The highest BCUT2D eigenvalue weighted by Crippen LogP contribution is 2.63. The smallest absolute Gasteiger partial charge is 0.309 e. The van der Waals surface area contributed by atoms with Crippen LogP contribution in [0.4, 0.5) is 0 Å². The molecule has 190 valence electrons. The molecule has 5 saturated carbocycles. The van der Waals surface area contributed by atoms with Crippen molar-refractivity contribution in [2.75, 3.05) is 0 Å². The van der Waals surface area contributed by atoms with Crippen molar-refractivity contribution in [3.8, 4) is 0 Å². The SMILES string of the molecule is CC(=O)O[C@@H]1CC[C@]2(C)C(=CC[C@@H]3[C@@H]4CC[C@H](C(=O)O[C@@H]5C=C[C@@H]6[C@H]7CC[C@@H](C7)[C@@H]65)[C@H]4CC[C@@H]32)C1. The molecule has 0 N–H and O–H groups in total. The molecule has 7 aliphatic carbocycles. The van der Waals surface area contributed by atoms with E-state index in [4.69, 9.17) is 9.47 Å². The van der Waals surface area contributed by atoms with Crippen LogP contribution in [0.15, 0.2) is 23.8 Å². The highest BCUT2D eigenvalue weighted by atomic mass is 16.5. The Bertz CT molecular complexity index is 965. The quantitative estimate of drug-likeness (QED) is 0.355. The van der Waals surface area contributed by atoms with Crippen LogP contribution in [0, 0.1) is 58.7 Å². The molecule has 5 fully saturated rings. The fourth-order valence-corrected chi connectivity index (χ4v) is 10.8. The average Bonchev–Trinajstić information content (AvgIpc) is 3.61. The van der Waals surface area contributed by atoms with E-state index < -0.39 is 0 Å². The third-order valence-electron chi connectivity index (χ3n) is 12.2. The lowest BCUT2D eigenvalue weighted by atomic mass is 9.50. The van der Waals surface area contributed by atoms with E-state index in [2.05, 4.69) is 25.2 Å². The van der Waals surface area contributed by atoms with Crippen LogP contribution in [0.2, 0.25) is 0 Å². The first-order valence-corrected chi connectivity index (χ1v) is 14.7. The molecule has 0 radical (unpaired) electrons. The minimum Gasteiger partial charge on any atom is -0.462 e. The highest BCUT2D eigenvalue weighted by Gasteiger charge is 2.57. The summed E-state index contributed by atoms with van der Waals surface area (Å²) < 4.78 is 11.9. The molecule has 0 aliphatic heterocycles. The fraction of sp³-hybridized carbons (Fsp3) is 0.806. The highest BCUT2D eigenvalue weighted by molar-refractivity contribution is 5.74. The van der Waals surface area contributed by atoms with Crippen molar-refractivity contribution in [1.29, 1.82) is 0 Å². The van der Waals surface area contributed by atoms with Crippen molar-refractivity contribution in [2.45, 2.75) is 96.7 Å². The molecule has 0 unspecified atom stereocenters. The monoisotopic (exact) mass is 478 g/mol. The zero-order chi connectivity index (χ0) is 23.9. The molecule has 0 saturated heterocycles. The van der Waals surface area contributed by atoms with Gasteiger partial charge in [0.25, 0.3) is 0 Å². The number of carbonyl (C=O) groups excluding carboxylic acids is 2. The number of hydrogen-bond acceptors (Lipinski definition) is 4. The Morgan fingerprint density at radius 2 is 1.74 bits per heavy atom. The molecule has 2 bridgehead atoms. The minimum absolute atomic E-state index is 0.0460. The first-order chi connectivity index (χ1) is 16.9. The van der Waals surface area contributed by atoms with Gasteiger partial charge in [0.1, 0.15) is 12.2 Å². The van der Waals surface area contributed by atoms with Crippen LogP contribution >= 0.6 is 0 Å². The standard InChI is InChI=1S/C31H42O4/c1-17(32)34-21-13-14-31(2)20(16-21)5-6-25-23-7-8-26(24(23)9-11-27(25)31)30(33)35-28-12-10-22-18-3-4-19(15-18)29(22)28/h5,10,12,18-19,21-29H,3-4,6-9,11,13-16H2,1-2H3/t18-,19-,21+,22+,23+,24-,25+,26-,27-,28+,29-,31+/m0/s1. The van der Waals surface area contributed by atoms with Crippen molar-refractivity contribution < 1.29 is 19.1 Å². The van der Waals surface area contributed by atoms with Gasteiger partial charge < -0.3 is 9.47 Å². The molecule has 0 heterocycles. The molecule has 4 heteroatoms. The third kappa shape index (κ3) is 3.44. The largest absolute Gasteiger partial charge is 0.462 e. The van der Waals surface area contributed by atoms with Crippen LogP contribution in [-0.2, 0) is 19.1 Å². The number of allylic oxidation sites excluding steroid dienone is 2. The van der Waals surface area contributed by atoms with Crippen molar-refractivity contribution in [2.24, 2.45) is 58.7 Å². The van der Waals surface area contributed by atoms with Gasteiger partial charge in [0.2, 0.25) is 0 Å². The Hall–Kier alpha value is -1.58. The van der Waals surface area contributed by atoms with E-state index in [1.807, 2.05) is 0 Å².